The number of rotatable bonds is 5. The van der Waals surface area contributed by atoms with E-state index in [2.05, 4.69) is 41.1 Å². The van der Waals surface area contributed by atoms with Crippen molar-refractivity contribution >= 4 is 41.7 Å². The van der Waals surface area contributed by atoms with Crippen LogP contribution in [0, 0.1) is 0 Å². The fraction of sp³-hybridized carbons (Fsp3) is 0.938. The van der Waals surface area contributed by atoms with Crippen LogP contribution in [-0.2, 0) is 0 Å². The quantitative estimate of drug-likeness (QED) is 0.392. The maximum atomic E-state index is 4.92. The van der Waals surface area contributed by atoms with Crippen LogP contribution in [0.4, 0.5) is 0 Å². The highest BCUT2D eigenvalue weighted by atomic mass is 127. The van der Waals surface area contributed by atoms with Crippen molar-refractivity contribution in [2.75, 3.05) is 44.2 Å². The van der Waals surface area contributed by atoms with Crippen LogP contribution < -0.4 is 10.6 Å². The van der Waals surface area contributed by atoms with Crippen LogP contribution in [-0.4, -0.2) is 60.6 Å². The van der Waals surface area contributed by atoms with Gasteiger partial charge in [-0.05, 0) is 26.7 Å². The van der Waals surface area contributed by atoms with Crippen LogP contribution in [0.3, 0.4) is 0 Å². The molecule has 0 aromatic rings. The summed E-state index contributed by atoms with van der Waals surface area (Å²) in [4.78, 5) is 7.67. The number of halogens is 1. The zero-order chi connectivity index (χ0) is 15.0. The van der Waals surface area contributed by atoms with Gasteiger partial charge in [-0.15, -0.1) is 24.0 Å². The molecule has 1 aliphatic carbocycles. The van der Waals surface area contributed by atoms with Crippen molar-refractivity contribution in [2.24, 2.45) is 4.99 Å². The lowest BCUT2D eigenvalue weighted by molar-refractivity contribution is 0.0672. The van der Waals surface area contributed by atoms with Gasteiger partial charge in [0.25, 0.3) is 0 Å². The van der Waals surface area contributed by atoms with Crippen molar-refractivity contribution in [3.05, 3.63) is 0 Å². The van der Waals surface area contributed by atoms with E-state index in [-0.39, 0.29) is 24.0 Å². The predicted molar refractivity (Wildman–Crippen MR) is 110 cm³/mol. The fourth-order valence-electron chi connectivity index (χ4n) is 3.56. The maximum absolute atomic E-state index is 4.92. The van der Waals surface area contributed by atoms with Crippen molar-refractivity contribution in [1.82, 2.24) is 15.5 Å². The molecule has 0 unspecified atom stereocenters. The minimum absolute atomic E-state index is 0. The first-order chi connectivity index (χ1) is 10.3. The number of nitrogens with one attached hydrogen (secondary N) is 2. The third kappa shape index (κ3) is 5.74. The number of hydrogen-bond donors (Lipinski definition) is 2. The van der Waals surface area contributed by atoms with Gasteiger partial charge in [0.1, 0.15) is 0 Å². The first-order valence-electron chi connectivity index (χ1n) is 8.66. The van der Waals surface area contributed by atoms with E-state index in [0.717, 1.165) is 25.6 Å². The van der Waals surface area contributed by atoms with E-state index in [4.69, 9.17) is 4.99 Å². The summed E-state index contributed by atoms with van der Waals surface area (Å²) in [5, 5.41) is 6.72. The van der Waals surface area contributed by atoms with Crippen LogP contribution in [0.5, 0.6) is 0 Å². The highest BCUT2D eigenvalue weighted by Crippen LogP contribution is 2.35. The van der Waals surface area contributed by atoms with Gasteiger partial charge in [0.05, 0.1) is 6.54 Å². The van der Waals surface area contributed by atoms with E-state index >= 15 is 0 Å². The normalized spacial score (nSPS) is 21.5. The Balaban J connectivity index is 0.00000242. The molecule has 2 rings (SSSR count). The summed E-state index contributed by atoms with van der Waals surface area (Å²) in [6.07, 6.45) is 6.80. The summed E-state index contributed by atoms with van der Waals surface area (Å²) >= 11 is 2.10. The van der Waals surface area contributed by atoms with Gasteiger partial charge in [0.15, 0.2) is 5.96 Å². The van der Waals surface area contributed by atoms with Crippen LogP contribution in [0.15, 0.2) is 4.99 Å². The Morgan fingerprint density at radius 3 is 2.18 bits per heavy atom. The van der Waals surface area contributed by atoms with Crippen LogP contribution in [0.25, 0.3) is 0 Å². The Morgan fingerprint density at radius 1 is 1.05 bits per heavy atom. The van der Waals surface area contributed by atoms with Gasteiger partial charge in [-0.1, -0.05) is 19.3 Å². The van der Waals surface area contributed by atoms with Crippen molar-refractivity contribution in [2.45, 2.75) is 51.5 Å². The topological polar surface area (TPSA) is 39.7 Å². The van der Waals surface area contributed by atoms with Gasteiger partial charge in [-0.2, -0.15) is 11.8 Å². The first kappa shape index (κ1) is 20.4. The second-order valence-electron chi connectivity index (χ2n) is 6.11. The highest BCUT2D eigenvalue weighted by molar-refractivity contribution is 14.0. The van der Waals surface area contributed by atoms with Crippen molar-refractivity contribution in [3.63, 3.8) is 0 Å². The molecule has 2 aliphatic rings. The zero-order valence-electron chi connectivity index (χ0n) is 14.2. The molecule has 0 atom stereocenters. The van der Waals surface area contributed by atoms with Crippen molar-refractivity contribution < 1.29 is 0 Å². The molecule has 1 aliphatic heterocycles. The molecule has 0 bridgehead atoms. The van der Waals surface area contributed by atoms with E-state index < -0.39 is 0 Å². The molecular formula is C16H33IN4S. The smallest absolute Gasteiger partial charge is 0.191 e. The Labute approximate surface area is 157 Å². The number of guanidine groups is 1. The SMILES string of the molecule is CCNC(=NCC1(N2CCSCC2)CCCCC1)NCC.I. The van der Waals surface area contributed by atoms with Gasteiger partial charge in [0.2, 0.25) is 0 Å². The Hall–Kier alpha value is 0.310. The zero-order valence-corrected chi connectivity index (χ0v) is 17.3. The summed E-state index contributed by atoms with van der Waals surface area (Å²) in [5.74, 6) is 3.56. The molecule has 2 fully saturated rings. The van der Waals surface area contributed by atoms with Gasteiger partial charge in [0, 0.05) is 43.2 Å². The van der Waals surface area contributed by atoms with E-state index in [0.29, 0.717) is 5.54 Å². The monoisotopic (exact) mass is 440 g/mol. The third-order valence-electron chi connectivity index (χ3n) is 4.69. The Kier molecular flexibility index (Phi) is 10.1. The van der Waals surface area contributed by atoms with E-state index in [1.165, 1.54) is 56.7 Å². The van der Waals surface area contributed by atoms with Crippen LogP contribution in [0.2, 0.25) is 0 Å². The van der Waals surface area contributed by atoms with Gasteiger partial charge >= 0.3 is 0 Å². The molecule has 2 N–H and O–H groups in total. The second kappa shape index (κ2) is 11.0. The second-order valence-corrected chi connectivity index (χ2v) is 7.33. The summed E-state index contributed by atoms with van der Waals surface area (Å²) in [6.45, 7) is 9.57. The van der Waals surface area contributed by atoms with E-state index in [1.54, 1.807) is 0 Å². The summed E-state index contributed by atoms with van der Waals surface area (Å²) in [5.41, 5.74) is 0.329. The molecule has 4 nitrogen and oxygen atoms in total. The molecule has 0 aromatic carbocycles. The lowest BCUT2D eigenvalue weighted by Crippen LogP contribution is -2.55. The third-order valence-corrected chi connectivity index (χ3v) is 5.63. The molecule has 1 heterocycles. The van der Waals surface area contributed by atoms with Gasteiger partial charge in [-0.25, -0.2) is 0 Å². The average Bonchev–Trinajstić information content (AvgIpc) is 2.55. The molecule has 1 saturated carbocycles. The van der Waals surface area contributed by atoms with Gasteiger partial charge in [-0.3, -0.25) is 9.89 Å². The Bertz CT molecular complexity index is 318. The molecule has 22 heavy (non-hydrogen) atoms. The van der Waals surface area contributed by atoms with Crippen molar-refractivity contribution in [1.29, 1.82) is 0 Å². The maximum Gasteiger partial charge on any atom is 0.191 e. The number of thioether (sulfide) groups is 1. The summed E-state index contributed by atoms with van der Waals surface area (Å²) < 4.78 is 0. The lowest BCUT2D eigenvalue weighted by atomic mass is 9.80. The minimum atomic E-state index is 0. The average molecular weight is 440 g/mol. The molecule has 0 spiro atoms. The van der Waals surface area contributed by atoms with E-state index in [1.807, 2.05) is 0 Å². The predicted octanol–water partition coefficient (Wildman–Crippen LogP) is 2.93. The largest absolute Gasteiger partial charge is 0.357 e. The molecule has 0 radical (unpaired) electrons. The summed E-state index contributed by atoms with van der Waals surface area (Å²) in [7, 11) is 0. The fourth-order valence-corrected chi connectivity index (χ4v) is 4.46. The summed E-state index contributed by atoms with van der Waals surface area (Å²) in [6, 6.07) is 0. The molecule has 1 saturated heterocycles. The van der Waals surface area contributed by atoms with E-state index in [9.17, 15) is 0 Å². The minimum Gasteiger partial charge on any atom is -0.357 e. The van der Waals surface area contributed by atoms with Crippen molar-refractivity contribution in [3.8, 4) is 0 Å². The molecule has 0 amide bonds. The number of hydrogen-bond acceptors (Lipinski definition) is 3. The highest BCUT2D eigenvalue weighted by Gasteiger charge is 2.38. The van der Waals surface area contributed by atoms with Crippen LogP contribution in [0.1, 0.15) is 46.0 Å². The van der Waals surface area contributed by atoms with Crippen LogP contribution >= 0.6 is 35.7 Å². The molecule has 0 aromatic heterocycles. The Morgan fingerprint density at radius 2 is 1.64 bits per heavy atom. The number of aliphatic imine (C=N–C) groups is 1. The molecule has 130 valence electrons. The molecule has 6 heteroatoms. The standard InChI is InChI=1S/C16H32N4S.HI/c1-3-17-15(18-4-2)19-14-16(8-6-5-7-9-16)20-10-12-21-13-11-20;/h3-14H2,1-2H3,(H2,17,18,19);1H. The van der Waals surface area contributed by atoms with Gasteiger partial charge < -0.3 is 10.6 Å². The number of nitrogens with zero attached hydrogens (tertiary/aromatic N) is 2. The first-order valence-corrected chi connectivity index (χ1v) is 9.81. The lowest BCUT2D eigenvalue weighted by Gasteiger charge is -2.47. The molecular weight excluding hydrogens is 407 g/mol.